The van der Waals surface area contributed by atoms with E-state index in [0.29, 0.717) is 6.54 Å². The van der Waals surface area contributed by atoms with Crippen LogP contribution in [0.2, 0.25) is 0 Å². The van der Waals surface area contributed by atoms with Crippen molar-refractivity contribution in [2.45, 2.75) is 17.9 Å². The maximum atomic E-state index is 11.6. The first-order chi connectivity index (χ1) is 9.34. The molecule has 20 heavy (non-hydrogen) atoms. The number of rotatable bonds is 7. The molecule has 0 aromatic heterocycles. The van der Waals surface area contributed by atoms with E-state index in [1.54, 1.807) is 30.3 Å². The second kappa shape index (κ2) is 7.21. The first-order valence-electron chi connectivity index (χ1n) is 6.25. The first-order valence-corrected chi connectivity index (χ1v) is 8.14. The summed E-state index contributed by atoms with van der Waals surface area (Å²) >= 11 is 0. The highest BCUT2D eigenvalue weighted by Gasteiger charge is 2.11. The van der Waals surface area contributed by atoms with Crippen LogP contribution >= 0.6 is 0 Å². The van der Waals surface area contributed by atoms with Crippen LogP contribution in [-0.4, -0.2) is 33.7 Å². The SMILES string of the molecule is C=CCNCC(=O)NC(C)c1ccc(S(C)(=O)=O)cc1. The van der Waals surface area contributed by atoms with Crippen molar-refractivity contribution in [3.63, 3.8) is 0 Å². The van der Waals surface area contributed by atoms with Gasteiger partial charge in [0, 0.05) is 12.8 Å². The normalized spacial score (nSPS) is 12.7. The molecule has 2 N–H and O–H groups in total. The average molecular weight is 296 g/mol. The molecule has 0 saturated heterocycles. The maximum Gasteiger partial charge on any atom is 0.234 e. The van der Waals surface area contributed by atoms with Crippen LogP contribution in [-0.2, 0) is 14.6 Å². The minimum absolute atomic E-state index is 0.119. The molecule has 1 atom stereocenters. The summed E-state index contributed by atoms with van der Waals surface area (Å²) < 4.78 is 22.7. The van der Waals surface area contributed by atoms with E-state index in [2.05, 4.69) is 17.2 Å². The van der Waals surface area contributed by atoms with Crippen molar-refractivity contribution in [1.29, 1.82) is 0 Å². The summed E-state index contributed by atoms with van der Waals surface area (Å²) in [5.41, 5.74) is 0.856. The molecule has 6 heteroatoms. The van der Waals surface area contributed by atoms with Crippen LogP contribution in [0.4, 0.5) is 0 Å². The quantitative estimate of drug-likeness (QED) is 0.582. The minimum Gasteiger partial charge on any atom is -0.348 e. The zero-order valence-electron chi connectivity index (χ0n) is 11.7. The number of sulfone groups is 1. The maximum absolute atomic E-state index is 11.6. The monoisotopic (exact) mass is 296 g/mol. The van der Waals surface area contributed by atoms with E-state index in [-0.39, 0.29) is 23.4 Å². The van der Waals surface area contributed by atoms with E-state index < -0.39 is 9.84 Å². The number of amides is 1. The Morgan fingerprint density at radius 3 is 2.45 bits per heavy atom. The van der Waals surface area contributed by atoms with Crippen molar-refractivity contribution in [2.24, 2.45) is 0 Å². The summed E-state index contributed by atoms with van der Waals surface area (Å²) in [6, 6.07) is 6.32. The highest BCUT2D eigenvalue weighted by atomic mass is 32.2. The Bertz CT molecular complexity index is 565. The van der Waals surface area contributed by atoms with Gasteiger partial charge in [0.1, 0.15) is 0 Å². The summed E-state index contributed by atoms with van der Waals surface area (Å²) in [4.78, 5) is 11.9. The Hall–Kier alpha value is -1.66. The van der Waals surface area contributed by atoms with Gasteiger partial charge in [-0.1, -0.05) is 18.2 Å². The Kier molecular flexibility index (Phi) is 5.91. The molecule has 5 nitrogen and oxygen atoms in total. The number of carbonyl (C=O) groups is 1. The fourth-order valence-electron chi connectivity index (χ4n) is 1.67. The average Bonchev–Trinajstić information content (AvgIpc) is 2.38. The van der Waals surface area contributed by atoms with Gasteiger partial charge < -0.3 is 10.6 Å². The lowest BCUT2D eigenvalue weighted by atomic mass is 10.1. The highest BCUT2D eigenvalue weighted by molar-refractivity contribution is 7.90. The molecule has 1 aromatic carbocycles. The van der Waals surface area contributed by atoms with E-state index in [9.17, 15) is 13.2 Å². The largest absolute Gasteiger partial charge is 0.348 e. The number of nitrogens with one attached hydrogen (secondary N) is 2. The molecule has 1 rings (SSSR count). The molecule has 0 aliphatic rings. The summed E-state index contributed by atoms with van der Waals surface area (Å²) in [6.45, 7) is 6.19. The minimum atomic E-state index is -3.19. The van der Waals surface area contributed by atoms with Crippen molar-refractivity contribution in [1.82, 2.24) is 10.6 Å². The first kappa shape index (κ1) is 16.4. The Morgan fingerprint density at radius 1 is 1.35 bits per heavy atom. The molecule has 0 radical (unpaired) electrons. The zero-order chi connectivity index (χ0) is 15.2. The molecule has 1 unspecified atom stereocenters. The molecule has 0 aliphatic heterocycles. The lowest BCUT2D eigenvalue weighted by molar-refractivity contribution is -0.120. The molecule has 0 bridgehead atoms. The predicted octanol–water partition coefficient (Wildman–Crippen LogP) is 1.04. The topological polar surface area (TPSA) is 75.3 Å². The lowest BCUT2D eigenvalue weighted by Gasteiger charge is -2.14. The van der Waals surface area contributed by atoms with Gasteiger partial charge in [-0.3, -0.25) is 4.79 Å². The van der Waals surface area contributed by atoms with E-state index in [1.807, 2.05) is 6.92 Å². The van der Waals surface area contributed by atoms with Crippen LogP contribution in [0.5, 0.6) is 0 Å². The number of carbonyl (C=O) groups excluding carboxylic acids is 1. The molecule has 0 fully saturated rings. The number of hydrogen-bond donors (Lipinski definition) is 2. The van der Waals surface area contributed by atoms with Crippen molar-refractivity contribution in [3.05, 3.63) is 42.5 Å². The third kappa shape index (κ3) is 5.14. The van der Waals surface area contributed by atoms with Crippen molar-refractivity contribution in [2.75, 3.05) is 19.3 Å². The van der Waals surface area contributed by atoms with Gasteiger partial charge in [-0.2, -0.15) is 0 Å². The number of benzene rings is 1. The Morgan fingerprint density at radius 2 is 1.95 bits per heavy atom. The molecular weight excluding hydrogens is 276 g/mol. The number of hydrogen-bond acceptors (Lipinski definition) is 4. The second-order valence-electron chi connectivity index (χ2n) is 4.55. The molecule has 0 heterocycles. The van der Waals surface area contributed by atoms with E-state index in [1.165, 1.54) is 6.26 Å². The molecule has 0 saturated carbocycles. The lowest BCUT2D eigenvalue weighted by Crippen LogP contribution is -2.35. The van der Waals surface area contributed by atoms with Crippen molar-refractivity contribution < 1.29 is 13.2 Å². The molecule has 1 amide bonds. The van der Waals surface area contributed by atoms with Gasteiger partial charge in [-0.05, 0) is 24.6 Å². The molecular formula is C14H20N2O3S. The smallest absolute Gasteiger partial charge is 0.234 e. The van der Waals surface area contributed by atoms with Crippen LogP contribution in [0.3, 0.4) is 0 Å². The molecule has 110 valence electrons. The zero-order valence-corrected chi connectivity index (χ0v) is 12.5. The standard InChI is InChI=1S/C14H20N2O3S/c1-4-9-15-10-14(17)16-11(2)12-5-7-13(8-6-12)20(3,18)19/h4-8,11,15H,1,9-10H2,2-3H3,(H,16,17). The summed E-state index contributed by atoms with van der Waals surface area (Å²) in [6.07, 6.45) is 2.85. The Balaban J connectivity index is 2.62. The van der Waals surface area contributed by atoms with Crippen LogP contribution < -0.4 is 10.6 Å². The predicted molar refractivity (Wildman–Crippen MR) is 79.2 cm³/mol. The summed E-state index contributed by atoms with van der Waals surface area (Å²) in [5, 5.41) is 5.74. The molecule has 1 aromatic rings. The molecule has 0 aliphatic carbocycles. The van der Waals surface area contributed by atoms with Gasteiger partial charge in [0.15, 0.2) is 9.84 Å². The van der Waals surface area contributed by atoms with Gasteiger partial charge in [0.25, 0.3) is 0 Å². The van der Waals surface area contributed by atoms with Gasteiger partial charge in [-0.15, -0.1) is 6.58 Å². The fraction of sp³-hybridized carbons (Fsp3) is 0.357. The van der Waals surface area contributed by atoms with Gasteiger partial charge >= 0.3 is 0 Å². The van der Waals surface area contributed by atoms with Crippen LogP contribution in [0.15, 0.2) is 41.8 Å². The summed E-state index contributed by atoms with van der Waals surface area (Å²) in [5.74, 6) is -0.119. The van der Waals surface area contributed by atoms with Gasteiger partial charge in [-0.25, -0.2) is 8.42 Å². The summed E-state index contributed by atoms with van der Waals surface area (Å²) in [7, 11) is -3.19. The van der Waals surface area contributed by atoms with E-state index >= 15 is 0 Å². The molecule has 0 spiro atoms. The van der Waals surface area contributed by atoms with Crippen LogP contribution in [0.25, 0.3) is 0 Å². The third-order valence-electron chi connectivity index (χ3n) is 2.76. The van der Waals surface area contributed by atoms with E-state index in [4.69, 9.17) is 0 Å². The van der Waals surface area contributed by atoms with Gasteiger partial charge in [0.2, 0.25) is 5.91 Å². The van der Waals surface area contributed by atoms with E-state index in [0.717, 1.165) is 5.56 Å². The van der Waals surface area contributed by atoms with Gasteiger partial charge in [0.05, 0.1) is 17.5 Å². The second-order valence-corrected chi connectivity index (χ2v) is 6.57. The van der Waals surface area contributed by atoms with Crippen molar-refractivity contribution >= 4 is 15.7 Å². The van der Waals surface area contributed by atoms with Crippen molar-refractivity contribution in [3.8, 4) is 0 Å². The Labute approximate surface area is 120 Å². The fourth-order valence-corrected chi connectivity index (χ4v) is 2.30. The van der Waals surface area contributed by atoms with Crippen LogP contribution in [0, 0.1) is 0 Å². The van der Waals surface area contributed by atoms with Crippen LogP contribution in [0.1, 0.15) is 18.5 Å². The third-order valence-corrected chi connectivity index (χ3v) is 3.89. The highest BCUT2D eigenvalue weighted by Crippen LogP contribution is 2.15.